The van der Waals surface area contributed by atoms with Crippen LogP contribution in [0.3, 0.4) is 0 Å². The van der Waals surface area contributed by atoms with Gasteiger partial charge in [0.05, 0.1) is 0 Å². The molecule has 1 amide bonds. The monoisotopic (exact) mass is 265 g/mol. The molecule has 0 aromatic heterocycles. The van der Waals surface area contributed by atoms with Gasteiger partial charge in [-0.3, -0.25) is 4.79 Å². The molecule has 3 aliphatic rings. The topological polar surface area (TPSA) is 58.4 Å². The smallest absolute Gasteiger partial charge is 0.223 e. The summed E-state index contributed by atoms with van der Waals surface area (Å²) < 4.78 is 0. The molecule has 3 rings (SSSR count). The number of nitrogens with one attached hydrogen (secondary N) is 1. The third-order valence-electron chi connectivity index (χ3n) is 5.34. The van der Waals surface area contributed by atoms with E-state index in [2.05, 4.69) is 10.2 Å². The largest absolute Gasteiger partial charge is 0.353 e. The lowest BCUT2D eigenvalue weighted by Crippen LogP contribution is -2.46. The number of hydrogen-bond donors (Lipinski definition) is 2. The summed E-state index contributed by atoms with van der Waals surface area (Å²) >= 11 is 0. The normalized spacial score (nSPS) is 35.7. The number of likely N-dealkylation sites (tertiary alicyclic amines) is 1. The van der Waals surface area contributed by atoms with Crippen LogP contribution in [0, 0.1) is 17.8 Å². The Morgan fingerprint density at radius 1 is 1.11 bits per heavy atom. The first-order valence-corrected chi connectivity index (χ1v) is 8.02. The van der Waals surface area contributed by atoms with Crippen molar-refractivity contribution in [1.82, 2.24) is 10.2 Å². The van der Waals surface area contributed by atoms with Crippen LogP contribution >= 0.6 is 0 Å². The minimum absolute atomic E-state index is 0.356. The van der Waals surface area contributed by atoms with Crippen molar-refractivity contribution in [3.8, 4) is 0 Å². The van der Waals surface area contributed by atoms with Crippen LogP contribution in [0.4, 0.5) is 0 Å². The maximum absolute atomic E-state index is 12.3. The second-order valence-corrected chi connectivity index (χ2v) is 6.55. The lowest BCUT2D eigenvalue weighted by Gasteiger charge is -2.32. The summed E-state index contributed by atoms with van der Waals surface area (Å²) in [5.74, 6) is 2.18. The number of nitrogens with zero attached hydrogens (tertiary/aromatic N) is 1. The van der Waals surface area contributed by atoms with E-state index in [1.165, 1.54) is 25.7 Å². The van der Waals surface area contributed by atoms with E-state index >= 15 is 0 Å². The van der Waals surface area contributed by atoms with Crippen LogP contribution in [0.1, 0.15) is 38.5 Å². The van der Waals surface area contributed by atoms with Crippen molar-refractivity contribution in [2.45, 2.75) is 44.6 Å². The molecule has 1 saturated heterocycles. The summed E-state index contributed by atoms with van der Waals surface area (Å²) in [5, 5.41) is 3.30. The number of rotatable bonds is 4. The predicted molar refractivity (Wildman–Crippen MR) is 75.6 cm³/mol. The van der Waals surface area contributed by atoms with E-state index in [4.69, 9.17) is 5.73 Å². The van der Waals surface area contributed by atoms with Gasteiger partial charge in [0.2, 0.25) is 5.91 Å². The molecule has 108 valence electrons. The van der Waals surface area contributed by atoms with E-state index in [1.54, 1.807) is 0 Å². The molecule has 0 radical (unpaired) electrons. The molecule has 2 saturated carbocycles. The number of piperidine rings is 1. The number of hydrogen-bond acceptors (Lipinski definition) is 3. The van der Waals surface area contributed by atoms with Crippen molar-refractivity contribution >= 4 is 5.91 Å². The van der Waals surface area contributed by atoms with Gasteiger partial charge < -0.3 is 16.0 Å². The molecule has 3 N–H and O–H groups in total. The number of nitrogens with two attached hydrogens (primary N) is 1. The highest BCUT2D eigenvalue weighted by Gasteiger charge is 2.54. The molecule has 2 atom stereocenters. The molecule has 19 heavy (non-hydrogen) atoms. The van der Waals surface area contributed by atoms with Gasteiger partial charge in [-0.15, -0.1) is 0 Å². The van der Waals surface area contributed by atoms with Crippen molar-refractivity contribution in [3.63, 3.8) is 0 Å². The van der Waals surface area contributed by atoms with E-state index in [1.807, 2.05) is 0 Å². The Morgan fingerprint density at radius 3 is 2.32 bits per heavy atom. The summed E-state index contributed by atoms with van der Waals surface area (Å²) in [6.45, 7) is 3.90. The zero-order valence-electron chi connectivity index (χ0n) is 11.8. The van der Waals surface area contributed by atoms with Crippen molar-refractivity contribution in [2.24, 2.45) is 23.5 Å². The van der Waals surface area contributed by atoms with Gasteiger partial charge in [-0.25, -0.2) is 0 Å². The average Bonchev–Trinajstić information content (AvgIpc) is 3.15. The summed E-state index contributed by atoms with van der Waals surface area (Å²) in [7, 11) is 0. The van der Waals surface area contributed by atoms with Gasteiger partial charge >= 0.3 is 0 Å². The van der Waals surface area contributed by atoms with Gasteiger partial charge in [0.25, 0.3) is 0 Å². The molecule has 1 heterocycles. The van der Waals surface area contributed by atoms with Gasteiger partial charge in [0.1, 0.15) is 0 Å². The van der Waals surface area contributed by atoms with Gasteiger partial charge in [0.15, 0.2) is 0 Å². The number of fused-ring (bicyclic) bond motifs is 1. The fourth-order valence-corrected chi connectivity index (χ4v) is 4.16. The Balaban J connectivity index is 1.41. The molecule has 4 heteroatoms. The van der Waals surface area contributed by atoms with Crippen molar-refractivity contribution in [2.75, 3.05) is 26.2 Å². The highest BCUT2D eigenvalue weighted by molar-refractivity contribution is 5.82. The summed E-state index contributed by atoms with van der Waals surface area (Å²) in [4.78, 5) is 14.7. The first kappa shape index (κ1) is 13.4. The van der Waals surface area contributed by atoms with Gasteiger partial charge in [-0.2, -0.15) is 0 Å². The SMILES string of the molecule is NCCN1CCC(NC(=O)C2C3CCCCC32)CC1. The second kappa shape index (κ2) is 5.80. The Hall–Kier alpha value is -0.610. The first-order valence-electron chi connectivity index (χ1n) is 8.02. The summed E-state index contributed by atoms with van der Waals surface area (Å²) in [6, 6.07) is 0.407. The summed E-state index contributed by atoms with van der Waals surface area (Å²) in [6.07, 6.45) is 7.43. The van der Waals surface area contributed by atoms with Crippen LogP contribution in [-0.2, 0) is 4.79 Å². The maximum Gasteiger partial charge on any atom is 0.223 e. The van der Waals surface area contributed by atoms with Gasteiger partial charge in [0, 0.05) is 38.1 Å². The highest BCUT2D eigenvalue weighted by atomic mass is 16.2. The molecular formula is C15H27N3O. The van der Waals surface area contributed by atoms with Crippen LogP contribution in [0.25, 0.3) is 0 Å². The van der Waals surface area contributed by atoms with Gasteiger partial charge in [-0.05, 0) is 37.5 Å². The maximum atomic E-state index is 12.3. The quantitative estimate of drug-likeness (QED) is 0.796. The third kappa shape index (κ3) is 2.95. The van der Waals surface area contributed by atoms with Gasteiger partial charge in [-0.1, -0.05) is 12.8 Å². The van der Waals surface area contributed by atoms with Crippen LogP contribution in [0.15, 0.2) is 0 Å². The highest BCUT2D eigenvalue weighted by Crippen LogP contribution is 2.55. The average molecular weight is 265 g/mol. The first-order chi connectivity index (χ1) is 9.29. The number of amides is 1. The standard InChI is InChI=1S/C15H27N3O/c16-7-10-18-8-5-11(6-9-18)17-15(19)14-12-3-1-2-4-13(12)14/h11-14H,1-10,16H2,(H,17,19). The zero-order valence-corrected chi connectivity index (χ0v) is 11.8. The lowest BCUT2D eigenvalue weighted by atomic mass is 10.0. The van der Waals surface area contributed by atoms with E-state index in [0.29, 0.717) is 17.9 Å². The molecule has 0 spiro atoms. The Kier molecular flexibility index (Phi) is 4.08. The molecular weight excluding hydrogens is 238 g/mol. The molecule has 0 bridgehead atoms. The van der Waals surface area contributed by atoms with Crippen LogP contribution in [-0.4, -0.2) is 43.0 Å². The predicted octanol–water partition coefficient (Wildman–Crippen LogP) is 0.962. The van der Waals surface area contributed by atoms with Crippen molar-refractivity contribution in [3.05, 3.63) is 0 Å². The van der Waals surface area contributed by atoms with Crippen molar-refractivity contribution < 1.29 is 4.79 Å². The minimum atomic E-state index is 0.356. The molecule has 4 nitrogen and oxygen atoms in total. The summed E-state index contributed by atoms with van der Waals surface area (Å²) in [5.41, 5.74) is 5.58. The van der Waals surface area contributed by atoms with E-state index < -0.39 is 0 Å². The minimum Gasteiger partial charge on any atom is -0.353 e. The van der Waals surface area contributed by atoms with Crippen LogP contribution in [0.2, 0.25) is 0 Å². The molecule has 2 unspecified atom stereocenters. The van der Waals surface area contributed by atoms with E-state index in [0.717, 1.165) is 50.9 Å². The fourth-order valence-electron chi connectivity index (χ4n) is 4.16. The Bertz CT molecular complexity index is 313. The molecule has 0 aromatic carbocycles. The lowest BCUT2D eigenvalue weighted by molar-refractivity contribution is -0.123. The molecule has 0 aromatic rings. The van der Waals surface area contributed by atoms with Crippen molar-refractivity contribution in [1.29, 1.82) is 0 Å². The molecule has 2 aliphatic carbocycles. The zero-order chi connectivity index (χ0) is 13.2. The van der Waals surface area contributed by atoms with Crippen LogP contribution in [0.5, 0.6) is 0 Å². The number of carbonyl (C=O) groups is 1. The van der Waals surface area contributed by atoms with E-state index in [-0.39, 0.29) is 0 Å². The Labute approximate surface area is 116 Å². The molecule has 3 fully saturated rings. The third-order valence-corrected chi connectivity index (χ3v) is 5.34. The fraction of sp³-hybridized carbons (Fsp3) is 0.933. The van der Waals surface area contributed by atoms with E-state index in [9.17, 15) is 4.79 Å². The molecule has 1 aliphatic heterocycles. The van der Waals surface area contributed by atoms with Crippen LogP contribution < -0.4 is 11.1 Å². The second-order valence-electron chi connectivity index (χ2n) is 6.55. The Morgan fingerprint density at radius 2 is 1.74 bits per heavy atom. The number of carbonyl (C=O) groups excluding carboxylic acids is 1.